The first kappa shape index (κ1) is 19.8. The molecule has 1 N–H and O–H groups in total. The first-order chi connectivity index (χ1) is 13.6. The van der Waals surface area contributed by atoms with E-state index in [4.69, 9.17) is 4.42 Å². The molecule has 1 saturated heterocycles. The van der Waals surface area contributed by atoms with Crippen LogP contribution >= 0.6 is 0 Å². The van der Waals surface area contributed by atoms with Gasteiger partial charge in [0.05, 0.1) is 12.3 Å². The Bertz CT molecular complexity index is 865. The summed E-state index contributed by atoms with van der Waals surface area (Å²) in [4.78, 5) is 14.9. The highest BCUT2D eigenvalue weighted by Crippen LogP contribution is 2.44. The van der Waals surface area contributed by atoms with Gasteiger partial charge in [0.2, 0.25) is 0 Å². The zero-order valence-electron chi connectivity index (χ0n) is 16.6. The second-order valence-corrected chi connectivity index (χ2v) is 8.35. The molecule has 2 aliphatic heterocycles. The largest absolute Gasteiger partial charge is 0.467 e. The topological polar surface area (TPSA) is 63.3 Å². The number of nitrogens with one attached hydrogen (secondary N) is 1. The Morgan fingerprint density at radius 1 is 1.21 bits per heavy atom. The van der Waals surface area contributed by atoms with Gasteiger partial charge in [0.1, 0.15) is 11.6 Å². The van der Waals surface area contributed by atoms with Crippen molar-refractivity contribution in [1.82, 2.24) is 14.7 Å². The number of hydrogen-bond donors (Lipinski definition) is 1. The van der Waals surface area contributed by atoms with Crippen molar-refractivity contribution in [2.45, 2.75) is 70.4 Å². The summed E-state index contributed by atoms with van der Waals surface area (Å²) in [7, 11) is 0. The molecule has 1 fully saturated rings. The molecular weight excluding hydrogens is 385 g/mol. The van der Waals surface area contributed by atoms with Crippen LogP contribution in [-0.4, -0.2) is 38.8 Å². The van der Waals surface area contributed by atoms with Crippen molar-refractivity contribution in [3.05, 3.63) is 35.9 Å². The Morgan fingerprint density at radius 2 is 1.90 bits per heavy atom. The summed E-state index contributed by atoms with van der Waals surface area (Å²) in [6.45, 7) is 6.10. The highest BCUT2D eigenvalue weighted by atomic mass is 19.4. The fourth-order valence-corrected chi connectivity index (χ4v) is 4.81. The number of furan rings is 1. The molecular formula is C20H25F3N4O2. The van der Waals surface area contributed by atoms with E-state index in [-0.39, 0.29) is 35.9 Å². The van der Waals surface area contributed by atoms with E-state index in [1.165, 1.54) is 12.3 Å². The zero-order chi connectivity index (χ0) is 20.9. The number of piperidine rings is 1. The van der Waals surface area contributed by atoms with E-state index in [1.54, 1.807) is 17.0 Å². The lowest BCUT2D eigenvalue weighted by Crippen LogP contribution is -2.49. The number of fused-ring (bicyclic) bond motifs is 1. The van der Waals surface area contributed by atoms with Crippen LogP contribution in [0.4, 0.5) is 19.0 Å². The normalized spacial score (nSPS) is 30.0. The molecule has 4 rings (SSSR count). The van der Waals surface area contributed by atoms with E-state index in [1.807, 2.05) is 13.8 Å². The molecule has 2 aliphatic rings. The molecule has 2 aromatic rings. The van der Waals surface area contributed by atoms with Gasteiger partial charge in [0, 0.05) is 24.6 Å². The Balaban J connectivity index is 1.66. The van der Waals surface area contributed by atoms with Gasteiger partial charge in [-0.25, -0.2) is 4.68 Å². The molecule has 0 aliphatic carbocycles. The molecule has 1 amide bonds. The molecule has 0 bridgehead atoms. The molecule has 0 radical (unpaired) electrons. The maximum absolute atomic E-state index is 13.8. The zero-order valence-corrected chi connectivity index (χ0v) is 16.6. The lowest BCUT2D eigenvalue weighted by atomic mass is 9.88. The fraction of sp³-hybridized carbons (Fsp3) is 0.600. The summed E-state index contributed by atoms with van der Waals surface area (Å²) in [5, 5.41) is 7.13. The average molecular weight is 410 g/mol. The van der Waals surface area contributed by atoms with E-state index in [0.29, 0.717) is 11.7 Å². The van der Waals surface area contributed by atoms with Crippen molar-refractivity contribution in [2.75, 3.05) is 5.32 Å². The number of halogens is 3. The number of amides is 1. The third-order valence-corrected chi connectivity index (χ3v) is 5.97. The van der Waals surface area contributed by atoms with Crippen molar-refractivity contribution in [3.8, 4) is 0 Å². The van der Waals surface area contributed by atoms with Crippen molar-refractivity contribution >= 4 is 11.7 Å². The van der Waals surface area contributed by atoms with Gasteiger partial charge in [0.25, 0.3) is 5.91 Å². The highest BCUT2D eigenvalue weighted by molar-refractivity contribution is 5.93. The molecule has 2 aromatic heterocycles. The van der Waals surface area contributed by atoms with E-state index >= 15 is 0 Å². The Kier molecular flexibility index (Phi) is 4.86. The van der Waals surface area contributed by atoms with Crippen LogP contribution in [0, 0.1) is 5.92 Å². The van der Waals surface area contributed by atoms with Crippen LogP contribution < -0.4 is 5.32 Å². The molecule has 0 unspecified atom stereocenters. The quantitative estimate of drug-likeness (QED) is 0.774. The summed E-state index contributed by atoms with van der Waals surface area (Å²) >= 11 is 0. The van der Waals surface area contributed by atoms with Crippen molar-refractivity contribution in [2.24, 2.45) is 5.92 Å². The predicted octanol–water partition coefficient (Wildman–Crippen LogP) is 4.79. The lowest BCUT2D eigenvalue weighted by molar-refractivity contribution is -0.174. The number of aromatic nitrogens is 2. The van der Waals surface area contributed by atoms with Gasteiger partial charge in [-0.1, -0.05) is 6.92 Å². The summed E-state index contributed by atoms with van der Waals surface area (Å²) in [5.41, 5.74) is 0.0371. The number of carbonyl (C=O) groups is 1. The monoisotopic (exact) mass is 410 g/mol. The fourth-order valence-electron chi connectivity index (χ4n) is 4.81. The molecule has 4 atom stereocenters. The van der Waals surface area contributed by atoms with Gasteiger partial charge in [-0.15, -0.1) is 0 Å². The smallest absolute Gasteiger partial charge is 0.410 e. The molecule has 0 saturated carbocycles. The second-order valence-electron chi connectivity index (χ2n) is 8.35. The van der Waals surface area contributed by atoms with Crippen LogP contribution in [0.5, 0.6) is 0 Å². The summed E-state index contributed by atoms with van der Waals surface area (Å²) in [5.74, 6) is 0.779. The molecule has 0 aromatic carbocycles. The summed E-state index contributed by atoms with van der Waals surface area (Å²) in [6, 6.07) is 2.27. The molecule has 158 valence electrons. The first-order valence-electron chi connectivity index (χ1n) is 9.94. The number of anilines is 1. The van der Waals surface area contributed by atoms with Crippen molar-refractivity contribution in [3.63, 3.8) is 0 Å². The average Bonchev–Trinajstić information content (AvgIpc) is 3.28. The SMILES string of the molecule is CC1C[C@@H](C)N(C(=O)c2cc3n(n2)[C@H](C(F)(F)F)C[C@H](c2ccco2)N3)[C@H](C)C1. The highest BCUT2D eigenvalue weighted by Gasteiger charge is 2.47. The van der Waals surface area contributed by atoms with E-state index in [0.717, 1.165) is 17.5 Å². The van der Waals surface area contributed by atoms with Gasteiger partial charge in [-0.3, -0.25) is 4.79 Å². The predicted molar refractivity (Wildman–Crippen MR) is 100 cm³/mol. The Hall–Kier alpha value is -2.45. The standard InChI is InChI=1S/C20H25F3N4O2/c1-11-7-12(2)26(13(3)8-11)19(28)15-10-18-24-14(16-5-4-6-29-16)9-17(20(21,22)23)27(18)25-15/h4-6,10-14,17,24H,7-9H2,1-3H3/t12-,13-,14-,17+/m1/s1. The van der Waals surface area contributed by atoms with E-state index in [9.17, 15) is 18.0 Å². The van der Waals surface area contributed by atoms with Crippen LogP contribution in [0.25, 0.3) is 0 Å². The number of hydrogen-bond acceptors (Lipinski definition) is 4. The Morgan fingerprint density at radius 3 is 2.48 bits per heavy atom. The van der Waals surface area contributed by atoms with Crippen LogP contribution in [-0.2, 0) is 0 Å². The maximum Gasteiger partial charge on any atom is 0.410 e. The van der Waals surface area contributed by atoms with Gasteiger partial charge in [-0.2, -0.15) is 18.3 Å². The van der Waals surface area contributed by atoms with Gasteiger partial charge in [-0.05, 0) is 44.7 Å². The van der Waals surface area contributed by atoms with E-state index in [2.05, 4.69) is 17.3 Å². The van der Waals surface area contributed by atoms with Gasteiger partial charge < -0.3 is 14.6 Å². The molecule has 6 nitrogen and oxygen atoms in total. The molecule has 4 heterocycles. The minimum Gasteiger partial charge on any atom is -0.467 e. The third-order valence-electron chi connectivity index (χ3n) is 5.97. The van der Waals surface area contributed by atoms with Gasteiger partial charge in [0.15, 0.2) is 11.7 Å². The molecule has 9 heteroatoms. The lowest BCUT2D eigenvalue weighted by Gasteiger charge is -2.41. The van der Waals surface area contributed by atoms with Crippen molar-refractivity contribution in [1.29, 1.82) is 0 Å². The minimum absolute atomic E-state index is 0.0159. The third kappa shape index (κ3) is 3.62. The van der Waals surface area contributed by atoms with Gasteiger partial charge >= 0.3 is 6.18 Å². The number of nitrogens with zero attached hydrogens (tertiary/aromatic N) is 3. The second kappa shape index (κ2) is 7.11. The minimum atomic E-state index is -4.49. The van der Waals surface area contributed by atoms with E-state index < -0.39 is 18.3 Å². The summed E-state index contributed by atoms with van der Waals surface area (Å²) in [6.07, 6.45) is -1.58. The number of rotatable bonds is 2. The van der Waals surface area contributed by atoms with Crippen LogP contribution in [0.1, 0.15) is 68.4 Å². The number of alkyl halides is 3. The molecule has 0 spiro atoms. The van der Waals surface area contributed by atoms with Crippen LogP contribution in [0.15, 0.2) is 28.9 Å². The number of carbonyl (C=O) groups excluding carboxylic acids is 1. The van der Waals surface area contributed by atoms with Crippen LogP contribution in [0.2, 0.25) is 0 Å². The molecule has 29 heavy (non-hydrogen) atoms. The van der Waals surface area contributed by atoms with Crippen LogP contribution in [0.3, 0.4) is 0 Å². The summed E-state index contributed by atoms with van der Waals surface area (Å²) < 4.78 is 47.5. The van der Waals surface area contributed by atoms with Crippen molar-refractivity contribution < 1.29 is 22.4 Å². The Labute approximate surface area is 167 Å². The first-order valence-corrected chi connectivity index (χ1v) is 9.94. The maximum atomic E-state index is 13.8. The number of likely N-dealkylation sites (tertiary alicyclic amines) is 1.